The second kappa shape index (κ2) is 7.72. The van der Waals surface area contributed by atoms with Crippen molar-refractivity contribution in [1.82, 2.24) is 4.72 Å². The van der Waals surface area contributed by atoms with Crippen molar-refractivity contribution in [2.45, 2.75) is 30.6 Å². The second-order valence-electron chi connectivity index (χ2n) is 3.79. The molecule has 0 spiro atoms. The number of rotatable bonds is 8. The highest BCUT2D eigenvalue weighted by molar-refractivity contribution is 9.12. The van der Waals surface area contributed by atoms with Gasteiger partial charge in [-0.05, 0) is 50.8 Å². The summed E-state index contributed by atoms with van der Waals surface area (Å²) in [6.45, 7) is 0.307. The second-order valence-corrected chi connectivity index (χ2v) is 9.28. The van der Waals surface area contributed by atoms with Gasteiger partial charge in [-0.1, -0.05) is 6.42 Å². The molecule has 0 saturated heterocycles. The van der Waals surface area contributed by atoms with E-state index in [1.807, 2.05) is 0 Å². The fraction of sp³-hybridized carbons (Fsp3) is 0.500. The highest BCUT2D eigenvalue weighted by Crippen LogP contribution is 2.34. The number of hydrogen-bond acceptors (Lipinski definition) is 4. The molecule has 0 aliphatic heterocycles. The Morgan fingerprint density at radius 1 is 1.32 bits per heavy atom. The van der Waals surface area contributed by atoms with Gasteiger partial charge >= 0.3 is 5.97 Å². The molecule has 2 N–H and O–H groups in total. The molecule has 0 aliphatic rings. The van der Waals surface area contributed by atoms with Crippen molar-refractivity contribution >= 4 is 59.2 Å². The van der Waals surface area contributed by atoms with Crippen LogP contribution in [0.5, 0.6) is 0 Å². The number of thiophene rings is 1. The zero-order valence-electron chi connectivity index (χ0n) is 9.86. The maximum absolute atomic E-state index is 12.0. The Kier molecular flexibility index (Phi) is 6.95. The van der Waals surface area contributed by atoms with Gasteiger partial charge in [-0.3, -0.25) is 4.79 Å². The first-order valence-electron chi connectivity index (χ1n) is 5.49. The molecule has 0 unspecified atom stereocenters. The summed E-state index contributed by atoms with van der Waals surface area (Å²) in [6, 6.07) is 1.54. The summed E-state index contributed by atoms with van der Waals surface area (Å²) >= 11 is 7.73. The largest absolute Gasteiger partial charge is 0.481 e. The van der Waals surface area contributed by atoms with E-state index in [1.165, 1.54) is 11.3 Å². The van der Waals surface area contributed by atoms with Crippen LogP contribution in [0, 0.1) is 0 Å². The van der Waals surface area contributed by atoms with Crippen LogP contribution in [0.3, 0.4) is 0 Å². The Bertz CT molecular complexity index is 542. The molecule has 9 heteroatoms. The minimum atomic E-state index is -3.51. The SMILES string of the molecule is O=C(O)CCCCCNS(=O)(=O)c1cc(Br)sc1Br. The monoisotopic (exact) mass is 433 g/mol. The number of aliphatic carboxylic acids is 1. The summed E-state index contributed by atoms with van der Waals surface area (Å²) in [7, 11) is -3.51. The fourth-order valence-electron chi connectivity index (χ4n) is 1.37. The van der Waals surface area contributed by atoms with Gasteiger partial charge in [-0.2, -0.15) is 0 Å². The van der Waals surface area contributed by atoms with Crippen LogP contribution in [0.25, 0.3) is 0 Å². The number of hydrogen-bond donors (Lipinski definition) is 2. The Hall–Kier alpha value is 0.0400. The molecule has 0 saturated carbocycles. The summed E-state index contributed by atoms with van der Waals surface area (Å²) in [4.78, 5) is 10.5. The van der Waals surface area contributed by atoms with Crippen LogP contribution in [0.1, 0.15) is 25.7 Å². The number of carboxylic acids is 1. The van der Waals surface area contributed by atoms with E-state index in [2.05, 4.69) is 36.6 Å². The lowest BCUT2D eigenvalue weighted by atomic mass is 10.2. The van der Waals surface area contributed by atoms with Gasteiger partial charge in [0.2, 0.25) is 10.0 Å². The lowest BCUT2D eigenvalue weighted by Crippen LogP contribution is -2.24. The molecule has 0 aromatic carbocycles. The van der Waals surface area contributed by atoms with Crippen LogP contribution in [0.15, 0.2) is 18.5 Å². The highest BCUT2D eigenvalue weighted by atomic mass is 79.9. The molecule has 0 atom stereocenters. The molecule has 0 radical (unpaired) electrons. The molecule has 1 heterocycles. The van der Waals surface area contributed by atoms with Gasteiger partial charge < -0.3 is 5.11 Å². The molecule has 0 amide bonds. The standard InChI is InChI=1S/C10H13Br2NO4S2/c11-8-6-7(10(12)18-8)19(16,17)13-5-3-1-2-4-9(14)15/h6,13H,1-5H2,(H,14,15). The number of nitrogens with one attached hydrogen (secondary N) is 1. The maximum Gasteiger partial charge on any atom is 0.303 e. The first-order valence-corrected chi connectivity index (χ1v) is 9.38. The number of sulfonamides is 1. The topological polar surface area (TPSA) is 83.5 Å². The van der Waals surface area contributed by atoms with E-state index in [4.69, 9.17) is 5.11 Å². The average Bonchev–Trinajstić information content (AvgIpc) is 2.63. The van der Waals surface area contributed by atoms with Crippen LogP contribution >= 0.6 is 43.2 Å². The Morgan fingerprint density at radius 3 is 2.53 bits per heavy atom. The molecule has 1 rings (SSSR count). The van der Waals surface area contributed by atoms with Crippen molar-refractivity contribution in [3.05, 3.63) is 13.6 Å². The van der Waals surface area contributed by atoms with Crippen LogP contribution in [-0.2, 0) is 14.8 Å². The lowest BCUT2D eigenvalue weighted by Gasteiger charge is -2.05. The van der Waals surface area contributed by atoms with Gasteiger partial charge in [0, 0.05) is 13.0 Å². The van der Waals surface area contributed by atoms with Crippen molar-refractivity contribution < 1.29 is 18.3 Å². The highest BCUT2D eigenvalue weighted by Gasteiger charge is 2.19. The van der Waals surface area contributed by atoms with E-state index in [9.17, 15) is 13.2 Å². The third-order valence-corrected chi connectivity index (χ3v) is 6.49. The van der Waals surface area contributed by atoms with Crippen molar-refractivity contribution in [3.8, 4) is 0 Å². The van der Waals surface area contributed by atoms with E-state index in [0.717, 1.165) is 3.79 Å². The summed E-state index contributed by atoms with van der Waals surface area (Å²) in [5.41, 5.74) is 0. The molecule has 0 aliphatic carbocycles. The zero-order valence-corrected chi connectivity index (χ0v) is 14.7. The van der Waals surface area contributed by atoms with Crippen molar-refractivity contribution in [2.75, 3.05) is 6.54 Å². The van der Waals surface area contributed by atoms with Crippen LogP contribution in [0.2, 0.25) is 0 Å². The van der Waals surface area contributed by atoms with Gasteiger partial charge in [0.15, 0.2) is 0 Å². The number of halogens is 2. The molecule has 1 aromatic rings. The molecule has 0 bridgehead atoms. The van der Waals surface area contributed by atoms with Gasteiger partial charge in [-0.15, -0.1) is 11.3 Å². The van der Waals surface area contributed by atoms with E-state index in [-0.39, 0.29) is 11.3 Å². The number of carbonyl (C=O) groups is 1. The summed E-state index contributed by atoms with van der Waals surface area (Å²) in [5.74, 6) is -0.826. The minimum Gasteiger partial charge on any atom is -0.481 e. The van der Waals surface area contributed by atoms with Crippen molar-refractivity contribution in [3.63, 3.8) is 0 Å². The van der Waals surface area contributed by atoms with Crippen LogP contribution < -0.4 is 4.72 Å². The Morgan fingerprint density at radius 2 is 2.00 bits per heavy atom. The Labute approximate surface area is 132 Å². The third kappa shape index (κ3) is 5.90. The number of unbranched alkanes of at least 4 members (excludes halogenated alkanes) is 2. The number of carboxylic acid groups (broad SMARTS) is 1. The predicted molar refractivity (Wildman–Crippen MR) is 81.0 cm³/mol. The smallest absolute Gasteiger partial charge is 0.303 e. The third-order valence-electron chi connectivity index (χ3n) is 2.27. The van der Waals surface area contributed by atoms with Crippen LogP contribution in [-0.4, -0.2) is 26.0 Å². The maximum atomic E-state index is 12.0. The molecule has 0 fully saturated rings. The molecule has 5 nitrogen and oxygen atoms in total. The molecule has 1 aromatic heterocycles. The lowest BCUT2D eigenvalue weighted by molar-refractivity contribution is -0.137. The van der Waals surface area contributed by atoms with E-state index in [0.29, 0.717) is 29.6 Å². The molecular weight excluding hydrogens is 422 g/mol. The van der Waals surface area contributed by atoms with Gasteiger partial charge in [0.1, 0.15) is 4.90 Å². The summed E-state index contributed by atoms with van der Waals surface area (Å²) < 4.78 is 27.7. The van der Waals surface area contributed by atoms with Crippen molar-refractivity contribution in [2.24, 2.45) is 0 Å². The first-order chi connectivity index (χ1) is 8.83. The molecule has 19 heavy (non-hydrogen) atoms. The quantitative estimate of drug-likeness (QED) is 0.615. The first kappa shape index (κ1) is 17.1. The van der Waals surface area contributed by atoms with E-state index in [1.54, 1.807) is 6.07 Å². The summed E-state index contributed by atoms with van der Waals surface area (Å²) in [6.07, 6.45) is 1.99. The minimum absolute atomic E-state index is 0.121. The predicted octanol–water partition coefficient (Wildman–Crippen LogP) is 3.20. The summed E-state index contributed by atoms with van der Waals surface area (Å²) in [5, 5.41) is 8.46. The Balaban J connectivity index is 2.40. The van der Waals surface area contributed by atoms with Gasteiger partial charge in [0.05, 0.1) is 7.57 Å². The fourth-order valence-corrected chi connectivity index (χ4v) is 6.25. The molecular formula is C10H13Br2NO4S2. The zero-order chi connectivity index (χ0) is 14.5. The van der Waals surface area contributed by atoms with Gasteiger partial charge in [0.25, 0.3) is 0 Å². The van der Waals surface area contributed by atoms with Crippen LogP contribution in [0.4, 0.5) is 0 Å². The average molecular weight is 435 g/mol. The van der Waals surface area contributed by atoms with E-state index < -0.39 is 16.0 Å². The normalized spacial score (nSPS) is 11.7. The van der Waals surface area contributed by atoms with Crippen molar-refractivity contribution in [1.29, 1.82) is 0 Å². The molecule has 108 valence electrons. The van der Waals surface area contributed by atoms with Gasteiger partial charge in [-0.25, -0.2) is 13.1 Å². The van der Waals surface area contributed by atoms with E-state index >= 15 is 0 Å².